The van der Waals surface area contributed by atoms with E-state index in [1.165, 1.54) is 19.1 Å². The highest BCUT2D eigenvalue weighted by Gasteiger charge is 2.50. The average molecular weight is 905 g/mol. The lowest BCUT2D eigenvalue weighted by atomic mass is 9.87. The van der Waals surface area contributed by atoms with Crippen molar-refractivity contribution in [2.45, 2.75) is 143 Å². The summed E-state index contributed by atoms with van der Waals surface area (Å²) in [5.41, 5.74) is 4.18. The van der Waals surface area contributed by atoms with Crippen LogP contribution in [0, 0.1) is 11.8 Å². The van der Waals surface area contributed by atoms with Gasteiger partial charge in [-0.15, -0.1) is 0 Å². The second-order valence-corrected chi connectivity index (χ2v) is 18.7. The Morgan fingerprint density at radius 1 is 0.754 bits per heavy atom. The molecule has 1 unspecified atom stereocenters. The molecule has 3 amide bonds. The first-order valence-corrected chi connectivity index (χ1v) is 22.9. The summed E-state index contributed by atoms with van der Waals surface area (Å²) in [6, 6.07) is 5.75. The van der Waals surface area contributed by atoms with E-state index in [4.69, 9.17) is 18.9 Å². The van der Waals surface area contributed by atoms with E-state index >= 15 is 0 Å². The first-order valence-electron chi connectivity index (χ1n) is 22.9. The van der Waals surface area contributed by atoms with E-state index in [-0.39, 0.29) is 29.9 Å². The van der Waals surface area contributed by atoms with Gasteiger partial charge in [-0.05, 0) is 124 Å². The average Bonchev–Trinajstić information content (AvgIpc) is 4.07. The molecule has 356 valence electrons. The summed E-state index contributed by atoms with van der Waals surface area (Å²) in [7, 11) is 2.45. The summed E-state index contributed by atoms with van der Waals surface area (Å²) in [5, 5.41) is 16.6. The van der Waals surface area contributed by atoms with Crippen LogP contribution in [-0.2, 0) is 59.0 Å². The molecule has 2 aromatic rings. The van der Waals surface area contributed by atoms with Crippen LogP contribution in [0.4, 0.5) is 9.59 Å². The van der Waals surface area contributed by atoms with Crippen LogP contribution in [-0.4, -0.2) is 126 Å². The van der Waals surface area contributed by atoms with Crippen molar-refractivity contribution in [3.63, 3.8) is 0 Å². The van der Waals surface area contributed by atoms with Crippen LogP contribution < -0.4 is 10.6 Å². The second-order valence-electron chi connectivity index (χ2n) is 18.7. The molecule has 3 aliphatic rings. The molecule has 1 aliphatic heterocycles. The van der Waals surface area contributed by atoms with E-state index in [1.807, 2.05) is 32.9 Å². The quantitative estimate of drug-likeness (QED) is 0.0876. The predicted octanol–water partition coefficient (Wildman–Crippen LogP) is 5.73. The number of benzene rings is 2. The molecule has 2 aliphatic carbocycles. The number of Topliss-reactive ketones (excluding diaryl/α,β-unsaturated/α-hetero) is 2. The normalized spacial score (nSPS) is 18.3. The number of nitrogens with one attached hydrogen (secondary N) is 2. The van der Waals surface area contributed by atoms with Crippen molar-refractivity contribution in [3.8, 4) is 11.1 Å². The maximum atomic E-state index is 13.8. The van der Waals surface area contributed by atoms with Gasteiger partial charge in [-0.25, -0.2) is 14.4 Å². The molecule has 16 nitrogen and oxygen atoms in total. The van der Waals surface area contributed by atoms with Crippen molar-refractivity contribution in [1.29, 1.82) is 0 Å². The Morgan fingerprint density at radius 2 is 1.26 bits per heavy atom. The van der Waals surface area contributed by atoms with Gasteiger partial charge < -0.3 is 39.6 Å². The van der Waals surface area contributed by atoms with E-state index in [1.54, 1.807) is 51.7 Å². The molecule has 65 heavy (non-hydrogen) atoms. The largest absolute Gasteiger partial charge is 0.456 e. The van der Waals surface area contributed by atoms with E-state index in [0.717, 1.165) is 59.1 Å². The summed E-state index contributed by atoms with van der Waals surface area (Å²) < 4.78 is 20.8. The molecule has 1 heterocycles. The molecule has 3 N–H and O–H groups in total. The zero-order valence-electron chi connectivity index (χ0n) is 39.7. The van der Waals surface area contributed by atoms with E-state index in [0.29, 0.717) is 49.8 Å². The molecule has 5 rings (SSSR count). The smallest absolute Gasteiger partial charge is 0.407 e. The maximum absolute atomic E-state index is 13.8. The van der Waals surface area contributed by atoms with Gasteiger partial charge in [0.1, 0.15) is 23.3 Å². The number of carbonyl (C=O) groups excluding carboxylic acids is 7. The Morgan fingerprint density at radius 3 is 1.75 bits per heavy atom. The number of ether oxygens (including phenoxy) is 4. The fraction of sp³-hybridized carbons (Fsp3) is 0.612. The fourth-order valence-electron chi connectivity index (χ4n) is 9.66. The Labute approximate surface area is 382 Å². The molecule has 0 bridgehead atoms. The van der Waals surface area contributed by atoms with E-state index < -0.39 is 72.6 Å². The summed E-state index contributed by atoms with van der Waals surface area (Å²) in [5.74, 6) is -3.01. The van der Waals surface area contributed by atoms with Crippen molar-refractivity contribution < 1.29 is 57.6 Å². The molecule has 0 aromatic heterocycles. The number of methoxy groups -OCH3 is 2. The zero-order valence-corrected chi connectivity index (χ0v) is 39.7. The third-order valence-electron chi connectivity index (χ3n) is 13.4. The van der Waals surface area contributed by atoms with Crippen molar-refractivity contribution in [2.75, 3.05) is 40.5 Å². The lowest BCUT2D eigenvalue weighted by molar-refractivity contribution is -0.163. The van der Waals surface area contributed by atoms with Crippen molar-refractivity contribution >= 4 is 41.6 Å². The van der Waals surface area contributed by atoms with Crippen molar-refractivity contribution in [3.05, 3.63) is 57.6 Å². The highest BCUT2D eigenvalue weighted by atomic mass is 16.6. The number of carbonyl (C=O) groups is 7. The number of likely N-dealkylation sites (tertiary alicyclic amines) is 1. The standard InChI is InChI=1S/C49H68N4O12/c1-11-24-52(42(56)40(28(2)3)50-46(60)62-9)48(6,7)44(58)64-26-38(54)36-21-19-34(30-15-12-17-32(30)36)35-20-22-37(33-18-13-16-31(33)35)39(55)27-65-45(59)49(8)23-14-25-53(49)43(57)41(29(4)5)51-47(61)63-10/h19-22,28-29,40-41,43,57H,11-18,23-27H2,1-10H3,(H,50,60)(H,51,61)/t40-,41-,43?,49-/m0/s1. The zero-order chi connectivity index (χ0) is 48.0. The number of rotatable bonds is 19. The van der Waals surface area contributed by atoms with Gasteiger partial charge in [0.2, 0.25) is 17.5 Å². The van der Waals surface area contributed by atoms with Crippen LogP contribution in [0.1, 0.15) is 130 Å². The Hall–Kier alpha value is -5.35. The lowest BCUT2D eigenvalue weighted by Crippen LogP contribution is -2.61. The minimum atomic E-state index is -1.46. The number of ketones is 2. The lowest BCUT2D eigenvalue weighted by Gasteiger charge is -2.40. The van der Waals surface area contributed by atoms with Gasteiger partial charge in [0, 0.05) is 24.2 Å². The Kier molecular flexibility index (Phi) is 16.6. The molecule has 0 spiro atoms. The molecular formula is C49H68N4O12. The number of hydrogen-bond acceptors (Lipinski definition) is 13. The summed E-state index contributed by atoms with van der Waals surface area (Å²) in [6.45, 7) is 13.6. The van der Waals surface area contributed by atoms with Gasteiger partial charge >= 0.3 is 24.1 Å². The maximum Gasteiger partial charge on any atom is 0.407 e. The third kappa shape index (κ3) is 10.7. The van der Waals surface area contributed by atoms with Gasteiger partial charge in [-0.2, -0.15) is 0 Å². The van der Waals surface area contributed by atoms with Crippen molar-refractivity contribution in [1.82, 2.24) is 20.4 Å². The summed E-state index contributed by atoms with van der Waals surface area (Å²) in [4.78, 5) is 95.9. The second kappa shape index (κ2) is 21.3. The number of nitrogens with zero attached hydrogens (tertiary/aromatic N) is 2. The first-order chi connectivity index (χ1) is 30.7. The van der Waals surface area contributed by atoms with Crippen LogP contribution in [0.25, 0.3) is 11.1 Å². The Balaban J connectivity index is 1.29. The minimum Gasteiger partial charge on any atom is -0.456 e. The van der Waals surface area contributed by atoms with Crippen molar-refractivity contribution in [2.24, 2.45) is 11.8 Å². The van der Waals surface area contributed by atoms with Crippen LogP contribution in [0.3, 0.4) is 0 Å². The van der Waals surface area contributed by atoms with E-state index in [9.17, 15) is 38.7 Å². The van der Waals surface area contributed by atoms with Crippen LogP contribution in [0.15, 0.2) is 24.3 Å². The number of hydrogen-bond donors (Lipinski definition) is 3. The summed E-state index contributed by atoms with van der Waals surface area (Å²) >= 11 is 0. The Bertz CT molecular complexity index is 2150. The van der Waals surface area contributed by atoms with Crippen LogP contribution in [0.2, 0.25) is 0 Å². The number of alkyl carbamates (subject to hydrolysis) is 2. The predicted molar refractivity (Wildman–Crippen MR) is 241 cm³/mol. The molecule has 1 fully saturated rings. The molecule has 0 radical (unpaired) electrons. The fourth-order valence-corrected chi connectivity index (χ4v) is 9.66. The molecule has 16 heteroatoms. The summed E-state index contributed by atoms with van der Waals surface area (Å²) in [6.07, 6.45) is 3.42. The van der Waals surface area contributed by atoms with E-state index in [2.05, 4.69) is 10.6 Å². The van der Waals surface area contributed by atoms with Crippen LogP contribution in [0.5, 0.6) is 0 Å². The van der Waals surface area contributed by atoms with Gasteiger partial charge in [0.25, 0.3) is 0 Å². The monoisotopic (exact) mass is 904 g/mol. The minimum absolute atomic E-state index is 0.181. The topological polar surface area (TPSA) is 207 Å². The highest BCUT2D eigenvalue weighted by Crippen LogP contribution is 2.41. The first kappa shape index (κ1) is 50.6. The number of aliphatic hydroxyl groups is 1. The highest BCUT2D eigenvalue weighted by molar-refractivity contribution is 6.03. The van der Waals surface area contributed by atoms with Crippen LogP contribution >= 0.6 is 0 Å². The number of amides is 3. The number of aliphatic hydroxyl groups excluding tert-OH is 1. The molecule has 2 aromatic carbocycles. The van der Waals surface area contributed by atoms with Gasteiger partial charge in [0.05, 0.1) is 20.3 Å². The molecule has 0 saturated carbocycles. The number of fused-ring (bicyclic) bond motifs is 2. The van der Waals surface area contributed by atoms with Gasteiger partial charge in [-0.3, -0.25) is 24.1 Å². The van der Waals surface area contributed by atoms with Gasteiger partial charge in [0.15, 0.2) is 13.2 Å². The molecule has 1 saturated heterocycles. The third-order valence-corrected chi connectivity index (χ3v) is 13.4. The number of esters is 2. The SMILES string of the molecule is CCCN(C(=O)[C@@H](NC(=O)OC)C(C)C)C(C)(C)C(=O)OCC(=O)c1ccc(-c2ccc(C(=O)COC(=O)[C@]3(C)CCCN3C(O)[C@@H](NC(=O)OC)C(C)C)c3c2CCC3)c2c1CCC2. The molecule has 4 atom stereocenters. The van der Waals surface area contributed by atoms with Gasteiger partial charge in [-0.1, -0.05) is 58.9 Å². The molecular weight excluding hydrogens is 837 g/mol.